The fraction of sp³-hybridized carbons (Fsp3) is 0.105. The van der Waals surface area contributed by atoms with E-state index in [1.54, 1.807) is 42.5 Å². The van der Waals surface area contributed by atoms with E-state index in [9.17, 15) is 14.4 Å². The number of hydrazine groups is 1. The summed E-state index contributed by atoms with van der Waals surface area (Å²) in [6.45, 7) is 1.84. The smallest absolute Gasteiger partial charge is 0.349 e. The number of benzene rings is 2. The molecule has 2 aromatic carbocycles. The number of amides is 2. The molecule has 0 aliphatic rings. The number of nitrogens with one attached hydrogen (secondary N) is 2. The van der Waals surface area contributed by atoms with Crippen LogP contribution in [0.2, 0.25) is 0 Å². The van der Waals surface area contributed by atoms with Crippen LogP contribution >= 0.6 is 0 Å². The third-order valence-corrected chi connectivity index (χ3v) is 3.82. The molecule has 0 unspecified atom stereocenters. The summed E-state index contributed by atoms with van der Waals surface area (Å²) in [5.41, 5.74) is 4.97. The minimum Gasteiger partial charge on any atom is -0.496 e. The van der Waals surface area contributed by atoms with Crippen LogP contribution in [0, 0.1) is 6.92 Å². The molecule has 0 atom stereocenters. The second kappa shape index (κ2) is 7.10. The quantitative estimate of drug-likeness (QED) is 0.556. The van der Waals surface area contributed by atoms with E-state index in [-0.39, 0.29) is 5.56 Å². The molecule has 3 aromatic rings. The van der Waals surface area contributed by atoms with Crippen molar-refractivity contribution in [2.24, 2.45) is 0 Å². The Labute approximate surface area is 148 Å². The van der Waals surface area contributed by atoms with Gasteiger partial charge >= 0.3 is 5.63 Å². The van der Waals surface area contributed by atoms with Crippen LogP contribution in [-0.2, 0) is 0 Å². The molecule has 0 saturated carbocycles. The maximum absolute atomic E-state index is 12.2. The Kier molecular flexibility index (Phi) is 4.70. The first-order valence-corrected chi connectivity index (χ1v) is 7.78. The lowest BCUT2D eigenvalue weighted by Gasteiger charge is -2.09. The summed E-state index contributed by atoms with van der Waals surface area (Å²) < 4.78 is 10.4. The maximum atomic E-state index is 12.2. The molecule has 0 spiro atoms. The summed E-state index contributed by atoms with van der Waals surface area (Å²) in [6, 6.07) is 13.1. The van der Waals surface area contributed by atoms with Gasteiger partial charge in [0.25, 0.3) is 11.8 Å². The summed E-state index contributed by atoms with van der Waals surface area (Å²) in [5.74, 6) is -0.684. The van der Waals surface area contributed by atoms with Crippen LogP contribution in [0.1, 0.15) is 26.3 Å². The number of hydrogen-bond donors (Lipinski definition) is 2. The Balaban J connectivity index is 1.83. The number of carbonyl (C=O) groups is 2. The van der Waals surface area contributed by atoms with Crippen LogP contribution in [0.4, 0.5) is 0 Å². The molecule has 0 aliphatic carbocycles. The number of ether oxygens (including phenoxy) is 1. The van der Waals surface area contributed by atoms with Crippen molar-refractivity contribution in [3.63, 3.8) is 0 Å². The molecule has 2 amide bonds. The Bertz CT molecular complexity index is 1040. The summed E-state index contributed by atoms with van der Waals surface area (Å²) in [4.78, 5) is 36.3. The normalized spacial score (nSPS) is 10.4. The van der Waals surface area contributed by atoms with Crippen LogP contribution in [0.25, 0.3) is 11.0 Å². The van der Waals surface area contributed by atoms with Gasteiger partial charge in [0.15, 0.2) is 0 Å². The monoisotopic (exact) mass is 352 g/mol. The predicted molar refractivity (Wildman–Crippen MR) is 95.1 cm³/mol. The number of methoxy groups -OCH3 is 1. The van der Waals surface area contributed by atoms with Gasteiger partial charge < -0.3 is 9.15 Å². The zero-order valence-corrected chi connectivity index (χ0v) is 14.2. The molecule has 0 fully saturated rings. The number of rotatable bonds is 3. The van der Waals surface area contributed by atoms with Crippen molar-refractivity contribution in [1.82, 2.24) is 10.9 Å². The van der Waals surface area contributed by atoms with Gasteiger partial charge in [0.1, 0.15) is 16.9 Å². The molecule has 3 rings (SSSR count). The molecule has 1 aromatic heterocycles. The largest absolute Gasteiger partial charge is 0.496 e. The van der Waals surface area contributed by atoms with E-state index >= 15 is 0 Å². The van der Waals surface area contributed by atoms with Gasteiger partial charge in [-0.15, -0.1) is 0 Å². The van der Waals surface area contributed by atoms with Gasteiger partial charge in [-0.05, 0) is 36.8 Å². The first kappa shape index (κ1) is 17.2. The average molecular weight is 352 g/mol. The van der Waals surface area contributed by atoms with Crippen LogP contribution in [0.3, 0.4) is 0 Å². The van der Waals surface area contributed by atoms with Gasteiger partial charge in [-0.25, -0.2) is 4.79 Å². The fourth-order valence-electron chi connectivity index (χ4n) is 2.48. The van der Waals surface area contributed by atoms with Crippen molar-refractivity contribution in [3.05, 3.63) is 75.6 Å². The SMILES string of the molecule is COc1cc2oc(=O)c(C(=O)NNC(=O)c3ccccc3)cc2cc1C. The van der Waals surface area contributed by atoms with Crippen LogP contribution in [0.5, 0.6) is 5.75 Å². The lowest BCUT2D eigenvalue weighted by molar-refractivity contribution is 0.0844. The van der Waals surface area contributed by atoms with E-state index in [0.29, 0.717) is 22.3 Å². The van der Waals surface area contributed by atoms with Crippen molar-refractivity contribution in [2.45, 2.75) is 6.92 Å². The summed E-state index contributed by atoms with van der Waals surface area (Å²) >= 11 is 0. The van der Waals surface area contributed by atoms with E-state index < -0.39 is 17.4 Å². The zero-order valence-electron chi connectivity index (χ0n) is 14.2. The Hall–Kier alpha value is -3.61. The predicted octanol–water partition coefficient (Wildman–Crippen LogP) is 2.18. The number of hydrogen-bond acceptors (Lipinski definition) is 5. The topological polar surface area (TPSA) is 97.6 Å². The molecule has 7 nitrogen and oxygen atoms in total. The summed E-state index contributed by atoms with van der Waals surface area (Å²) in [6.07, 6.45) is 0. The van der Waals surface area contributed by atoms with E-state index in [1.165, 1.54) is 13.2 Å². The Morgan fingerprint density at radius 3 is 2.38 bits per heavy atom. The van der Waals surface area contributed by atoms with Crippen molar-refractivity contribution < 1.29 is 18.7 Å². The summed E-state index contributed by atoms with van der Waals surface area (Å²) in [5, 5.41) is 0.572. The van der Waals surface area contributed by atoms with Gasteiger partial charge in [-0.1, -0.05) is 18.2 Å². The van der Waals surface area contributed by atoms with Gasteiger partial charge in [0.05, 0.1) is 7.11 Å². The van der Waals surface area contributed by atoms with Gasteiger partial charge in [-0.2, -0.15) is 0 Å². The lowest BCUT2D eigenvalue weighted by atomic mass is 10.1. The third-order valence-electron chi connectivity index (χ3n) is 3.82. The maximum Gasteiger partial charge on any atom is 0.349 e. The van der Waals surface area contributed by atoms with E-state index in [4.69, 9.17) is 9.15 Å². The van der Waals surface area contributed by atoms with Gasteiger partial charge in [0.2, 0.25) is 0 Å². The molecule has 1 heterocycles. The van der Waals surface area contributed by atoms with E-state index in [1.807, 2.05) is 6.92 Å². The minimum absolute atomic E-state index is 0.213. The molecule has 26 heavy (non-hydrogen) atoms. The number of carbonyl (C=O) groups excluding carboxylic acids is 2. The highest BCUT2D eigenvalue weighted by Crippen LogP contribution is 2.24. The van der Waals surface area contributed by atoms with Gasteiger partial charge in [-0.3, -0.25) is 20.4 Å². The Morgan fingerprint density at radius 1 is 1.00 bits per heavy atom. The molecule has 0 radical (unpaired) electrons. The molecule has 132 valence electrons. The number of aryl methyl sites for hydroxylation is 1. The van der Waals surface area contributed by atoms with E-state index in [0.717, 1.165) is 5.56 Å². The molecule has 0 saturated heterocycles. The molecule has 0 bridgehead atoms. The molecule has 2 N–H and O–H groups in total. The average Bonchev–Trinajstić information content (AvgIpc) is 2.65. The molecular formula is C19H16N2O5. The van der Waals surface area contributed by atoms with Crippen LogP contribution in [0.15, 0.2) is 57.7 Å². The standard InChI is InChI=1S/C19H16N2O5/c1-11-8-13-9-14(19(24)26-16(13)10-15(11)25-2)18(23)21-20-17(22)12-6-4-3-5-7-12/h3-10H,1-2H3,(H,20,22)(H,21,23). The third kappa shape index (κ3) is 3.41. The molecule has 0 aliphatic heterocycles. The lowest BCUT2D eigenvalue weighted by Crippen LogP contribution is -2.43. The van der Waals surface area contributed by atoms with Crippen molar-refractivity contribution in [1.29, 1.82) is 0 Å². The van der Waals surface area contributed by atoms with Crippen molar-refractivity contribution in [3.8, 4) is 5.75 Å². The fourth-order valence-corrected chi connectivity index (χ4v) is 2.48. The van der Waals surface area contributed by atoms with E-state index in [2.05, 4.69) is 10.9 Å². The number of fused-ring (bicyclic) bond motifs is 1. The van der Waals surface area contributed by atoms with Crippen LogP contribution < -0.4 is 21.2 Å². The minimum atomic E-state index is -0.810. The second-order valence-corrected chi connectivity index (χ2v) is 5.58. The highest BCUT2D eigenvalue weighted by Gasteiger charge is 2.16. The Morgan fingerprint density at radius 2 is 1.69 bits per heavy atom. The van der Waals surface area contributed by atoms with Crippen molar-refractivity contribution >= 4 is 22.8 Å². The first-order valence-electron chi connectivity index (χ1n) is 7.78. The zero-order chi connectivity index (χ0) is 18.7. The molecule has 7 heteroatoms. The highest BCUT2D eigenvalue weighted by atomic mass is 16.5. The first-order chi connectivity index (χ1) is 12.5. The van der Waals surface area contributed by atoms with Gasteiger partial charge in [0, 0.05) is 17.0 Å². The summed E-state index contributed by atoms with van der Waals surface area (Å²) in [7, 11) is 1.52. The molecular weight excluding hydrogens is 336 g/mol. The highest BCUT2D eigenvalue weighted by molar-refractivity contribution is 6.00. The van der Waals surface area contributed by atoms with Crippen LogP contribution in [-0.4, -0.2) is 18.9 Å². The van der Waals surface area contributed by atoms with Crippen molar-refractivity contribution in [2.75, 3.05) is 7.11 Å². The second-order valence-electron chi connectivity index (χ2n) is 5.58.